The van der Waals surface area contributed by atoms with Gasteiger partial charge in [0, 0.05) is 12.6 Å². The second-order valence-corrected chi connectivity index (χ2v) is 5.98. The molecule has 1 aromatic heterocycles. The summed E-state index contributed by atoms with van der Waals surface area (Å²) in [7, 11) is 0. The molecule has 0 aromatic carbocycles. The maximum Gasteiger partial charge on any atom is 0.337 e. The fraction of sp³-hybridized carbons (Fsp3) is 0.562. The van der Waals surface area contributed by atoms with Crippen LogP contribution in [0.25, 0.3) is 0 Å². The summed E-state index contributed by atoms with van der Waals surface area (Å²) in [6, 6.07) is 3.17. The van der Waals surface area contributed by atoms with Crippen molar-refractivity contribution in [2.75, 3.05) is 6.54 Å². The number of aromatic carboxylic acids is 1. The van der Waals surface area contributed by atoms with Gasteiger partial charge in [-0.15, -0.1) is 0 Å². The zero-order valence-corrected chi connectivity index (χ0v) is 12.8. The summed E-state index contributed by atoms with van der Waals surface area (Å²) in [6.07, 6.45) is 3.28. The van der Waals surface area contributed by atoms with Gasteiger partial charge in [-0.25, -0.2) is 9.78 Å². The van der Waals surface area contributed by atoms with Crippen LogP contribution < -0.4 is 0 Å². The van der Waals surface area contributed by atoms with Crippen LogP contribution in [0.2, 0.25) is 0 Å². The Kier molecular flexibility index (Phi) is 4.60. The lowest BCUT2D eigenvalue weighted by Gasteiger charge is -2.28. The summed E-state index contributed by atoms with van der Waals surface area (Å²) >= 11 is 0. The zero-order valence-electron chi connectivity index (χ0n) is 12.8. The van der Waals surface area contributed by atoms with E-state index in [2.05, 4.69) is 18.8 Å². The molecule has 1 saturated heterocycles. The van der Waals surface area contributed by atoms with Gasteiger partial charge in [0.05, 0.1) is 11.3 Å². The molecule has 0 radical (unpaired) electrons. The quantitative estimate of drug-likeness (QED) is 0.909. The van der Waals surface area contributed by atoms with Crippen molar-refractivity contribution >= 4 is 11.9 Å². The summed E-state index contributed by atoms with van der Waals surface area (Å²) < 4.78 is 0. The molecule has 2 heterocycles. The van der Waals surface area contributed by atoms with Gasteiger partial charge < -0.3 is 10.0 Å². The van der Waals surface area contributed by atoms with Crippen LogP contribution in [-0.4, -0.2) is 39.5 Å². The molecule has 1 N–H and O–H groups in total. The molecule has 5 nitrogen and oxygen atoms in total. The number of likely N-dealkylation sites (tertiary alicyclic amines) is 1. The fourth-order valence-electron chi connectivity index (χ4n) is 2.86. The van der Waals surface area contributed by atoms with E-state index < -0.39 is 5.97 Å². The number of carbonyl (C=O) groups excluding carboxylic acids is 1. The molecular formula is C16H22N2O3. The standard InChI is InChI=1S/C16H22N2O3/c1-10-5-4-6-11(2)18(9-10)15(19)14-8-7-13(16(20)21)12(3)17-14/h7-8,10-11H,4-6,9H2,1-3H3,(H,20,21). The Morgan fingerprint density at radius 1 is 1.29 bits per heavy atom. The first kappa shape index (κ1) is 15.5. The Bertz CT molecular complexity index is 556. The van der Waals surface area contributed by atoms with Crippen molar-refractivity contribution in [3.8, 4) is 0 Å². The van der Waals surface area contributed by atoms with E-state index in [1.807, 2.05) is 4.90 Å². The van der Waals surface area contributed by atoms with Crippen LogP contribution in [0.5, 0.6) is 0 Å². The number of hydrogen-bond donors (Lipinski definition) is 1. The molecule has 2 unspecified atom stereocenters. The summed E-state index contributed by atoms with van der Waals surface area (Å²) in [5.41, 5.74) is 0.853. The molecule has 2 atom stereocenters. The van der Waals surface area contributed by atoms with Gasteiger partial charge in [0.15, 0.2) is 0 Å². The van der Waals surface area contributed by atoms with Crippen molar-refractivity contribution in [2.24, 2.45) is 5.92 Å². The first-order valence-corrected chi connectivity index (χ1v) is 7.42. The predicted molar refractivity (Wildman–Crippen MR) is 79.4 cm³/mol. The van der Waals surface area contributed by atoms with Crippen LogP contribution in [0.1, 0.15) is 59.7 Å². The SMILES string of the molecule is Cc1nc(C(=O)N2CC(C)CCCC2C)ccc1C(=O)O. The molecule has 0 bridgehead atoms. The van der Waals surface area contributed by atoms with Gasteiger partial charge in [-0.3, -0.25) is 4.79 Å². The Morgan fingerprint density at radius 2 is 2.00 bits per heavy atom. The molecule has 1 fully saturated rings. The largest absolute Gasteiger partial charge is 0.478 e. The average Bonchev–Trinajstić information content (AvgIpc) is 2.59. The molecule has 1 aliphatic heterocycles. The van der Waals surface area contributed by atoms with Gasteiger partial charge in [0.1, 0.15) is 5.69 Å². The highest BCUT2D eigenvalue weighted by Gasteiger charge is 2.27. The molecule has 1 aliphatic rings. The maximum atomic E-state index is 12.7. The first-order valence-electron chi connectivity index (χ1n) is 7.42. The van der Waals surface area contributed by atoms with E-state index in [-0.39, 0.29) is 17.5 Å². The van der Waals surface area contributed by atoms with Gasteiger partial charge in [-0.1, -0.05) is 13.3 Å². The van der Waals surface area contributed by atoms with Gasteiger partial charge in [-0.05, 0) is 44.7 Å². The third-order valence-corrected chi connectivity index (χ3v) is 4.16. The van der Waals surface area contributed by atoms with Crippen molar-refractivity contribution < 1.29 is 14.7 Å². The number of rotatable bonds is 2. The Hall–Kier alpha value is -1.91. The van der Waals surface area contributed by atoms with E-state index in [4.69, 9.17) is 5.11 Å². The number of aryl methyl sites for hydroxylation is 1. The summed E-state index contributed by atoms with van der Waals surface area (Å²) in [5, 5.41) is 9.02. The van der Waals surface area contributed by atoms with Crippen molar-refractivity contribution in [1.29, 1.82) is 0 Å². The lowest BCUT2D eigenvalue weighted by Crippen LogP contribution is -2.40. The van der Waals surface area contributed by atoms with E-state index in [0.29, 0.717) is 17.3 Å². The van der Waals surface area contributed by atoms with Crippen LogP contribution in [-0.2, 0) is 0 Å². The number of carbonyl (C=O) groups is 2. The van der Waals surface area contributed by atoms with E-state index in [9.17, 15) is 9.59 Å². The summed E-state index contributed by atoms with van der Waals surface area (Å²) in [4.78, 5) is 29.7. The van der Waals surface area contributed by atoms with E-state index in [1.165, 1.54) is 12.1 Å². The van der Waals surface area contributed by atoms with Crippen LogP contribution >= 0.6 is 0 Å². The Balaban J connectivity index is 2.26. The highest BCUT2D eigenvalue weighted by atomic mass is 16.4. The van der Waals surface area contributed by atoms with Crippen molar-refractivity contribution in [3.63, 3.8) is 0 Å². The average molecular weight is 290 g/mol. The monoisotopic (exact) mass is 290 g/mol. The van der Waals surface area contributed by atoms with Gasteiger partial charge in [-0.2, -0.15) is 0 Å². The third kappa shape index (κ3) is 3.40. The molecule has 0 saturated carbocycles. The summed E-state index contributed by atoms with van der Waals surface area (Å²) in [6.45, 7) is 6.58. The molecule has 2 rings (SSSR count). The number of aromatic nitrogens is 1. The second-order valence-electron chi connectivity index (χ2n) is 5.98. The smallest absolute Gasteiger partial charge is 0.337 e. The molecular weight excluding hydrogens is 268 g/mol. The van der Waals surface area contributed by atoms with Crippen LogP contribution in [0, 0.1) is 12.8 Å². The van der Waals surface area contributed by atoms with E-state index in [0.717, 1.165) is 25.8 Å². The summed E-state index contributed by atoms with van der Waals surface area (Å²) in [5.74, 6) is -0.634. The molecule has 1 aromatic rings. The van der Waals surface area contributed by atoms with Crippen LogP contribution in [0.15, 0.2) is 12.1 Å². The topological polar surface area (TPSA) is 70.5 Å². The van der Waals surface area contributed by atoms with Crippen molar-refractivity contribution in [3.05, 3.63) is 29.1 Å². The lowest BCUT2D eigenvalue weighted by atomic mass is 10.1. The normalized spacial score (nSPS) is 22.7. The van der Waals surface area contributed by atoms with Gasteiger partial charge >= 0.3 is 5.97 Å². The van der Waals surface area contributed by atoms with Gasteiger partial charge in [0.2, 0.25) is 0 Å². The Labute approximate surface area is 125 Å². The molecule has 114 valence electrons. The Morgan fingerprint density at radius 3 is 2.62 bits per heavy atom. The number of carboxylic acids is 1. The minimum atomic E-state index is -1.02. The van der Waals surface area contributed by atoms with E-state index >= 15 is 0 Å². The maximum absolute atomic E-state index is 12.7. The molecule has 0 aliphatic carbocycles. The highest BCUT2D eigenvalue weighted by molar-refractivity contribution is 5.94. The van der Waals surface area contributed by atoms with Crippen LogP contribution in [0.4, 0.5) is 0 Å². The minimum absolute atomic E-state index is 0.101. The fourth-order valence-corrected chi connectivity index (χ4v) is 2.86. The molecule has 5 heteroatoms. The van der Waals surface area contributed by atoms with E-state index in [1.54, 1.807) is 6.92 Å². The number of nitrogens with zero attached hydrogens (tertiary/aromatic N) is 2. The minimum Gasteiger partial charge on any atom is -0.478 e. The molecule has 0 spiro atoms. The number of carboxylic acid groups (broad SMARTS) is 1. The second kappa shape index (κ2) is 6.24. The number of hydrogen-bond acceptors (Lipinski definition) is 3. The zero-order chi connectivity index (χ0) is 15.6. The van der Waals surface area contributed by atoms with Crippen LogP contribution in [0.3, 0.4) is 0 Å². The molecule has 21 heavy (non-hydrogen) atoms. The predicted octanol–water partition coefficient (Wildman–Crippen LogP) is 2.74. The van der Waals surface area contributed by atoms with Gasteiger partial charge in [0.25, 0.3) is 5.91 Å². The molecule has 1 amide bonds. The van der Waals surface area contributed by atoms with Crippen molar-refractivity contribution in [1.82, 2.24) is 9.88 Å². The number of pyridine rings is 1. The lowest BCUT2D eigenvalue weighted by molar-refractivity contribution is 0.0663. The highest BCUT2D eigenvalue weighted by Crippen LogP contribution is 2.22. The first-order chi connectivity index (χ1) is 9.90. The third-order valence-electron chi connectivity index (χ3n) is 4.16. The van der Waals surface area contributed by atoms with Crippen molar-refractivity contribution in [2.45, 2.75) is 46.1 Å². The number of amides is 1.